The van der Waals surface area contributed by atoms with E-state index in [0.717, 1.165) is 36.5 Å². The van der Waals surface area contributed by atoms with Gasteiger partial charge in [-0.05, 0) is 50.4 Å². The fourth-order valence-electron chi connectivity index (χ4n) is 2.31. The quantitative estimate of drug-likeness (QED) is 0.885. The maximum Gasteiger partial charge on any atom is 0.175 e. The van der Waals surface area contributed by atoms with Gasteiger partial charge in [-0.2, -0.15) is 10.2 Å². The molecule has 5 heteroatoms. The van der Waals surface area contributed by atoms with Crippen LogP contribution in [-0.2, 0) is 19.3 Å². The van der Waals surface area contributed by atoms with E-state index >= 15 is 0 Å². The van der Waals surface area contributed by atoms with Gasteiger partial charge in [0.05, 0.1) is 11.4 Å². The van der Waals surface area contributed by atoms with E-state index in [2.05, 4.69) is 29.1 Å². The molecule has 0 atom stereocenters. The summed E-state index contributed by atoms with van der Waals surface area (Å²) < 4.78 is 1.91. The van der Waals surface area contributed by atoms with E-state index in [1.165, 1.54) is 11.3 Å². The van der Waals surface area contributed by atoms with Crippen LogP contribution in [0.25, 0.3) is 5.82 Å². The molecular weight excluding hydrogens is 238 g/mol. The maximum atomic E-state index is 5.71. The monoisotopic (exact) mass is 259 g/mol. The van der Waals surface area contributed by atoms with Gasteiger partial charge in [0.15, 0.2) is 5.82 Å². The van der Waals surface area contributed by atoms with Crippen molar-refractivity contribution in [1.82, 2.24) is 20.0 Å². The van der Waals surface area contributed by atoms with Crippen molar-refractivity contribution in [1.29, 1.82) is 0 Å². The molecule has 0 aliphatic heterocycles. The zero-order valence-electron chi connectivity index (χ0n) is 11.8. The van der Waals surface area contributed by atoms with Crippen molar-refractivity contribution in [3.8, 4) is 5.82 Å². The van der Waals surface area contributed by atoms with Gasteiger partial charge in [-0.3, -0.25) is 0 Å². The molecule has 0 unspecified atom stereocenters. The summed E-state index contributed by atoms with van der Waals surface area (Å²) in [5.74, 6) is 0.778. The van der Waals surface area contributed by atoms with Crippen LogP contribution < -0.4 is 5.73 Å². The highest BCUT2D eigenvalue weighted by Gasteiger charge is 2.16. The second-order valence-electron chi connectivity index (χ2n) is 4.56. The van der Waals surface area contributed by atoms with Gasteiger partial charge in [0.25, 0.3) is 0 Å². The first kappa shape index (κ1) is 13.7. The van der Waals surface area contributed by atoms with Gasteiger partial charge < -0.3 is 5.73 Å². The lowest BCUT2D eigenvalue weighted by Gasteiger charge is -2.06. The fourth-order valence-corrected chi connectivity index (χ4v) is 2.31. The Morgan fingerprint density at radius 1 is 1.16 bits per heavy atom. The summed E-state index contributed by atoms with van der Waals surface area (Å²) in [5, 5.41) is 13.0. The summed E-state index contributed by atoms with van der Waals surface area (Å²) in [6.45, 7) is 6.82. The number of aromatic nitrogens is 4. The first-order valence-electron chi connectivity index (χ1n) is 6.81. The van der Waals surface area contributed by atoms with Crippen molar-refractivity contribution in [3.05, 3.63) is 34.8 Å². The van der Waals surface area contributed by atoms with Crippen molar-refractivity contribution < 1.29 is 0 Å². The highest BCUT2D eigenvalue weighted by atomic mass is 15.3. The Labute approximate surface area is 113 Å². The number of hydrogen-bond donors (Lipinski definition) is 1. The van der Waals surface area contributed by atoms with E-state index < -0.39 is 0 Å². The average molecular weight is 259 g/mol. The molecule has 0 aromatic carbocycles. The van der Waals surface area contributed by atoms with E-state index in [9.17, 15) is 0 Å². The minimum atomic E-state index is 0.644. The fraction of sp³-hybridized carbons (Fsp3) is 0.500. The molecule has 2 N–H and O–H groups in total. The third-order valence-electron chi connectivity index (χ3n) is 3.24. The molecule has 0 aliphatic rings. The highest BCUT2D eigenvalue weighted by Crippen LogP contribution is 2.19. The van der Waals surface area contributed by atoms with Gasteiger partial charge >= 0.3 is 0 Å². The lowest BCUT2D eigenvalue weighted by molar-refractivity contribution is 0.748. The molecule has 0 spiro atoms. The topological polar surface area (TPSA) is 69.6 Å². The molecule has 0 saturated heterocycles. The van der Waals surface area contributed by atoms with E-state index in [-0.39, 0.29) is 0 Å². The molecular formula is C14H21N5. The minimum Gasteiger partial charge on any atom is -0.330 e. The second-order valence-corrected chi connectivity index (χ2v) is 4.56. The van der Waals surface area contributed by atoms with Crippen LogP contribution in [0.15, 0.2) is 12.1 Å². The largest absolute Gasteiger partial charge is 0.330 e. The molecule has 19 heavy (non-hydrogen) atoms. The lowest BCUT2D eigenvalue weighted by atomic mass is 10.1. The molecule has 0 fully saturated rings. The molecule has 2 aromatic heterocycles. The molecule has 5 nitrogen and oxygen atoms in total. The van der Waals surface area contributed by atoms with Crippen molar-refractivity contribution in [2.24, 2.45) is 5.73 Å². The van der Waals surface area contributed by atoms with Crippen LogP contribution in [0, 0.1) is 6.92 Å². The van der Waals surface area contributed by atoms with Gasteiger partial charge in [-0.15, -0.1) is 5.10 Å². The summed E-state index contributed by atoms with van der Waals surface area (Å²) in [4.78, 5) is 0. The van der Waals surface area contributed by atoms with Gasteiger partial charge in [0.1, 0.15) is 0 Å². The van der Waals surface area contributed by atoms with Crippen molar-refractivity contribution >= 4 is 0 Å². The first-order valence-corrected chi connectivity index (χ1v) is 6.81. The Balaban J connectivity index is 2.53. The van der Waals surface area contributed by atoms with Gasteiger partial charge in [0, 0.05) is 5.69 Å². The molecule has 2 heterocycles. The van der Waals surface area contributed by atoms with Gasteiger partial charge in [-0.25, -0.2) is 4.68 Å². The average Bonchev–Trinajstić information content (AvgIpc) is 2.78. The Kier molecular flexibility index (Phi) is 4.27. The summed E-state index contributed by atoms with van der Waals surface area (Å²) >= 11 is 0. The molecule has 0 radical (unpaired) electrons. The maximum absolute atomic E-state index is 5.71. The zero-order valence-corrected chi connectivity index (χ0v) is 11.8. The highest BCUT2D eigenvalue weighted by molar-refractivity contribution is 5.34. The Hall–Kier alpha value is -1.75. The Morgan fingerprint density at radius 2 is 1.95 bits per heavy atom. The number of nitrogens with zero attached hydrogens (tertiary/aromatic N) is 4. The molecule has 0 saturated carbocycles. The van der Waals surface area contributed by atoms with Crippen molar-refractivity contribution in [2.45, 2.75) is 40.0 Å². The van der Waals surface area contributed by atoms with E-state index in [1.54, 1.807) is 0 Å². The third-order valence-corrected chi connectivity index (χ3v) is 3.24. The number of nitrogens with two attached hydrogens (primary N) is 1. The molecule has 2 aromatic rings. The number of aryl methyl sites for hydroxylation is 2. The van der Waals surface area contributed by atoms with E-state index in [4.69, 9.17) is 5.73 Å². The van der Waals surface area contributed by atoms with Crippen LogP contribution in [0.2, 0.25) is 0 Å². The molecule has 102 valence electrons. The second kappa shape index (κ2) is 5.93. The standard InChI is InChI=1S/C14H21N5/c1-4-12-11(8-9-15)13(5-2)19(18-12)14-7-6-10(3)16-17-14/h6-7H,4-5,8-9,15H2,1-3H3. The van der Waals surface area contributed by atoms with E-state index in [1.807, 2.05) is 23.7 Å². The smallest absolute Gasteiger partial charge is 0.175 e. The van der Waals surface area contributed by atoms with Crippen LogP contribution in [0.1, 0.15) is 36.5 Å². The van der Waals surface area contributed by atoms with Gasteiger partial charge in [-0.1, -0.05) is 13.8 Å². The van der Waals surface area contributed by atoms with Crippen LogP contribution in [0.4, 0.5) is 0 Å². The summed E-state index contributed by atoms with van der Waals surface area (Å²) in [7, 11) is 0. The summed E-state index contributed by atoms with van der Waals surface area (Å²) in [5.41, 5.74) is 10.2. The van der Waals surface area contributed by atoms with Crippen LogP contribution >= 0.6 is 0 Å². The SMILES string of the molecule is CCc1nn(-c2ccc(C)nn2)c(CC)c1CCN. The normalized spacial score (nSPS) is 10.9. The Bertz CT molecular complexity index is 542. The number of hydrogen-bond acceptors (Lipinski definition) is 4. The first-order chi connectivity index (χ1) is 9.21. The predicted molar refractivity (Wildman–Crippen MR) is 75.4 cm³/mol. The molecule has 0 amide bonds. The molecule has 0 bridgehead atoms. The summed E-state index contributed by atoms with van der Waals surface area (Å²) in [6, 6.07) is 3.91. The van der Waals surface area contributed by atoms with Crippen LogP contribution in [-0.4, -0.2) is 26.5 Å². The predicted octanol–water partition coefficient (Wildman–Crippen LogP) is 1.60. The zero-order chi connectivity index (χ0) is 13.8. The molecule has 2 rings (SSSR count). The third kappa shape index (κ3) is 2.66. The van der Waals surface area contributed by atoms with Crippen molar-refractivity contribution in [3.63, 3.8) is 0 Å². The van der Waals surface area contributed by atoms with Crippen LogP contribution in [0.3, 0.4) is 0 Å². The minimum absolute atomic E-state index is 0.644. The van der Waals surface area contributed by atoms with Gasteiger partial charge in [0.2, 0.25) is 0 Å². The lowest BCUT2D eigenvalue weighted by Crippen LogP contribution is -2.08. The van der Waals surface area contributed by atoms with Crippen molar-refractivity contribution in [2.75, 3.05) is 6.54 Å². The molecule has 0 aliphatic carbocycles. The number of rotatable bonds is 5. The van der Waals surface area contributed by atoms with Crippen LogP contribution in [0.5, 0.6) is 0 Å². The van der Waals surface area contributed by atoms with E-state index in [0.29, 0.717) is 6.54 Å². The summed E-state index contributed by atoms with van der Waals surface area (Å²) in [6.07, 6.45) is 2.69. The Morgan fingerprint density at radius 3 is 2.47 bits per heavy atom.